The lowest BCUT2D eigenvalue weighted by atomic mass is 10.0. The second-order valence-corrected chi connectivity index (χ2v) is 7.90. The van der Waals surface area contributed by atoms with Gasteiger partial charge in [-0.15, -0.1) is 11.3 Å². The maximum absolute atomic E-state index is 6.08. The first-order valence-electron chi connectivity index (χ1n) is 10.3. The summed E-state index contributed by atoms with van der Waals surface area (Å²) in [6.45, 7) is 3.09. The van der Waals surface area contributed by atoms with Gasteiger partial charge in [-0.05, 0) is 12.8 Å². The molecule has 0 bridgehead atoms. The van der Waals surface area contributed by atoms with E-state index >= 15 is 0 Å². The zero-order chi connectivity index (χ0) is 16.9. The summed E-state index contributed by atoms with van der Waals surface area (Å²) in [6.07, 6.45) is 19.4. The predicted molar refractivity (Wildman–Crippen MR) is 105 cm³/mol. The fourth-order valence-electron chi connectivity index (χ4n) is 3.42. The van der Waals surface area contributed by atoms with Gasteiger partial charge in [0.15, 0.2) is 11.5 Å². The lowest BCUT2D eigenvalue weighted by Crippen LogP contribution is -2.16. The molecular weight excluding hydrogens is 316 g/mol. The van der Waals surface area contributed by atoms with Gasteiger partial charge in [0.05, 0.1) is 6.61 Å². The molecule has 138 valence electrons. The SMILES string of the molecule is CCCCCCCCCCCCCCC1CCOc2cscc2O1. The van der Waals surface area contributed by atoms with Crippen molar-refractivity contribution in [3.05, 3.63) is 10.8 Å². The Labute approximate surface area is 152 Å². The van der Waals surface area contributed by atoms with Gasteiger partial charge in [-0.25, -0.2) is 0 Å². The van der Waals surface area contributed by atoms with E-state index in [-0.39, 0.29) is 0 Å². The summed E-state index contributed by atoms with van der Waals surface area (Å²) in [7, 11) is 0. The largest absolute Gasteiger partial charge is 0.489 e. The molecule has 0 saturated carbocycles. The molecule has 1 aliphatic rings. The van der Waals surface area contributed by atoms with Crippen molar-refractivity contribution in [1.29, 1.82) is 0 Å². The number of thiophene rings is 1. The molecule has 0 aliphatic carbocycles. The Bertz CT molecular complexity index is 416. The Morgan fingerprint density at radius 3 is 2.08 bits per heavy atom. The highest BCUT2D eigenvalue weighted by Crippen LogP contribution is 2.35. The maximum Gasteiger partial charge on any atom is 0.172 e. The molecule has 0 aromatic carbocycles. The third-order valence-corrected chi connectivity index (χ3v) is 5.66. The molecule has 0 fully saturated rings. The van der Waals surface area contributed by atoms with E-state index in [1.165, 1.54) is 83.5 Å². The monoisotopic (exact) mass is 352 g/mol. The van der Waals surface area contributed by atoms with Gasteiger partial charge < -0.3 is 9.47 Å². The second-order valence-electron chi connectivity index (χ2n) is 7.16. The van der Waals surface area contributed by atoms with Crippen molar-refractivity contribution < 1.29 is 9.47 Å². The number of ether oxygens (including phenoxy) is 2. The van der Waals surface area contributed by atoms with Gasteiger partial charge in [0.25, 0.3) is 0 Å². The van der Waals surface area contributed by atoms with E-state index in [2.05, 4.69) is 12.3 Å². The fraction of sp³-hybridized carbons (Fsp3) is 0.810. The predicted octanol–water partition coefficient (Wildman–Crippen LogP) is 7.37. The molecule has 0 saturated heterocycles. The summed E-state index contributed by atoms with van der Waals surface area (Å²) in [4.78, 5) is 0. The van der Waals surface area contributed by atoms with Gasteiger partial charge in [-0.2, -0.15) is 0 Å². The van der Waals surface area contributed by atoms with Crippen LogP contribution in [0.15, 0.2) is 10.8 Å². The molecule has 1 aromatic rings. The third kappa shape index (κ3) is 7.92. The average Bonchev–Trinajstić information content (AvgIpc) is 2.94. The van der Waals surface area contributed by atoms with Gasteiger partial charge >= 0.3 is 0 Å². The summed E-state index contributed by atoms with van der Waals surface area (Å²) in [5.74, 6) is 1.90. The van der Waals surface area contributed by atoms with E-state index in [4.69, 9.17) is 9.47 Å². The van der Waals surface area contributed by atoms with Crippen LogP contribution in [0.25, 0.3) is 0 Å². The molecule has 2 heterocycles. The number of unbranched alkanes of at least 4 members (excludes halogenated alkanes) is 11. The first-order chi connectivity index (χ1) is 11.9. The van der Waals surface area contributed by atoms with Crippen LogP contribution in [0.4, 0.5) is 0 Å². The van der Waals surface area contributed by atoms with Crippen molar-refractivity contribution in [3.63, 3.8) is 0 Å². The second kappa shape index (κ2) is 12.6. The Hall–Kier alpha value is -0.700. The lowest BCUT2D eigenvalue weighted by molar-refractivity contribution is 0.177. The van der Waals surface area contributed by atoms with Crippen molar-refractivity contribution >= 4 is 11.3 Å². The Kier molecular flexibility index (Phi) is 10.3. The third-order valence-electron chi connectivity index (χ3n) is 4.96. The molecule has 1 unspecified atom stereocenters. The van der Waals surface area contributed by atoms with Crippen LogP contribution in [0, 0.1) is 0 Å². The van der Waals surface area contributed by atoms with E-state index in [9.17, 15) is 0 Å². The maximum atomic E-state index is 6.08. The molecule has 3 heteroatoms. The van der Waals surface area contributed by atoms with Crippen LogP contribution in [0.3, 0.4) is 0 Å². The minimum Gasteiger partial charge on any atom is -0.489 e. The first kappa shape index (κ1) is 19.6. The van der Waals surface area contributed by atoms with Gasteiger partial charge in [0.2, 0.25) is 0 Å². The van der Waals surface area contributed by atoms with E-state index in [0.717, 1.165) is 24.5 Å². The molecule has 0 spiro atoms. The van der Waals surface area contributed by atoms with E-state index in [0.29, 0.717) is 6.10 Å². The number of fused-ring (bicyclic) bond motifs is 1. The van der Waals surface area contributed by atoms with E-state index in [1.807, 2.05) is 5.38 Å². The molecular formula is C21H36O2S. The molecule has 1 aromatic heterocycles. The minimum absolute atomic E-state index is 0.351. The quantitative estimate of drug-likeness (QED) is 0.345. The molecule has 2 rings (SSSR count). The molecule has 2 nitrogen and oxygen atoms in total. The van der Waals surface area contributed by atoms with Gasteiger partial charge in [-0.1, -0.05) is 77.6 Å². The van der Waals surface area contributed by atoms with Gasteiger partial charge in [0.1, 0.15) is 6.10 Å². The van der Waals surface area contributed by atoms with E-state index < -0.39 is 0 Å². The van der Waals surface area contributed by atoms with E-state index in [1.54, 1.807) is 11.3 Å². The molecule has 0 amide bonds. The fourth-order valence-corrected chi connectivity index (χ4v) is 4.09. The Morgan fingerprint density at radius 1 is 0.833 bits per heavy atom. The topological polar surface area (TPSA) is 18.5 Å². The van der Waals surface area contributed by atoms with Crippen LogP contribution >= 0.6 is 11.3 Å². The number of hydrogen-bond acceptors (Lipinski definition) is 3. The van der Waals surface area contributed by atoms with Crippen molar-refractivity contribution in [3.8, 4) is 11.5 Å². The Morgan fingerprint density at radius 2 is 1.42 bits per heavy atom. The zero-order valence-corrected chi connectivity index (χ0v) is 16.4. The number of rotatable bonds is 13. The van der Waals surface area contributed by atoms with Crippen LogP contribution in [0.2, 0.25) is 0 Å². The molecule has 24 heavy (non-hydrogen) atoms. The zero-order valence-electron chi connectivity index (χ0n) is 15.6. The molecule has 1 aliphatic heterocycles. The summed E-state index contributed by atoms with van der Waals surface area (Å²) in [5, 5.41) is 4.11. The summed E-state index contributed by atoms with van der Waals surface area (Å²) < 4.78 is 11.8. The molecule has 1 atom stereocenters. The Balaban J connectivity index is 1.39. The smallest absolute Gasteiger partial charge is 0.172 e. The highest BCUT2D eigenvalue weighted by atomic mass is 32.1. The average molecular weight is 353 g/mol. The van der Waals surface area contributed by atoms with Crippen LogP contribution in [-0.4, -0.2) is 12.7 Å². The molecule has 0 radical (unpaired) electrons. The highest BCUT2D eigenvalue weighted by molar-refractivity contribution is 7.08. The van der Waals surface area contributed by atoms with Gasteiger partial charge in [-0.3, -0.25) is 0 Å². The summed E-state index contributed by atoms with van der Waals surface area (Å²) in [6, 6.07) is 0. The highest BCUT2D eigenvalue weighted by Gasteiger charge is 2.18. The van der Waals surface area contributed by atoms with Crippen LogP contribution in [0.1, 0.15) is 96.8 Å². The van der Waals surface area contributed by atoms with Crippen molar-refractivity contribution in [2.24, 2.45) is 0 Å². The summed E-state index contributed by atoms with van der Waals surface area (Å²) >= 11 is 1.66. The van der Waals surface area contributed by atoms with Gasteiger partial charge in [0, 0.05) is 17.2 Å². The van der Waals surface area contributed by atoms with Crippen molar-refractivity contribution in [1.82, 2.24) is 0 Å². The standard InChI is InChI=1S/C21H36O2S/c1-2-3-4-5-6-7-8-9-10-11-12-13-14-19-15-16-22-20-17-24-18-21(20)23-19/h17-19H,2-16H2,1H3. The minimum atomic E-state index is 0.351. The van der Waals surface area contributed by atoms with Crippen LogP contribution in [0.5, 0.6) is 11.5 Å². The van der Waals surface area contributed by atoms with Crippen molar-refractivity contribution in [2.75, 3.05) is 6.61 Å². The van der Waals surface area contributed by atoms with Crippen molar-refractivity contribution in [2.45, 2.75) is 103 Å². The summed E-state index contributed by atoms with van der Waals surface area (Å²) in [5.41, 5.74) is 0. The van der Waals surface area contributed by atoms with Crippen LogP contribution < -0.4 is 9.47 Å². The number of hydrogen-bond donors (Lipinski definition) is 0. The van der Waals surface area contributed by atoms with Crippen LogP contribution in [-0.2, 0) is 0 Å². The first-order valence-corrected chi connectivity index (χ1v) is 11.2. The normalized spacial score (nSPS) is 17.0. The lowest BCUT2D eigenvalue weighted by Gasteiger charge is -2.15. The molecule has 0 N–H and O–H groups in total.